The van der Waals surface area contributed by atoms with Crippen LogP contribution in [0.25, 0.3) is 0 Å². The lowest BCUT2D eigenvalue weighted by Gasteiger charge is -2.18. The zero-order valence-corrected chi connectivity index (χ0v) is 13.9. The van der Waals surface area contributed by atoms with Gasteiger partial charge in [-0.2, -0.15) is 0 Å². The van der Waals surface area contributed by atoms with Gasteiger partial charge < -0.3 is 5.32 Å². The quantitative estimate of drug-likeness (QED) is 0.797. The van der Waals surface area contributed by atoms with Crippen LogP contribution in [0.1, 0.15) is 42.3 Å². The molecule has 2 rings (SSSR count). The summed E-state index contributed by atoms with van der Waals surface area (Å²) in [6.45, 7) is 5.66. The Hall–Kier alpha value is -2.26. The second kappa shape index (κ2) is 7.84. The predicted octanol–water partition coefficient (Wildman–Crippen LogP) is 3.42. The van der Waals surface area contributed by atoms with E-state index in [1.165, 1.54) is 0 Å². The van der Waals surface area contributed by atoms with Gasteiger partial charge in [0.25, 0.3) is 0 Å². The SMILES string of the molecule is CC(=O)[C@H](Cc1ccc(C(=O)c2ccccc2)cc1)NC(C)C. The first-order valence-corrected chi connectivity index (χ1v) is 7.92. The molecule has 0 spiro atoms. The fourth-order valence-electron chi connectivity index (χ4n) is 2.51. The van der Waals surface area contributed by atoms with Crippen LogP contribution in [-0.4, -0.2) is 23.7 Å². The van der Waals surface area contributed by atoms with E-state index in [-0.39, 0.29) is 23.7 Å². The van der Waals surface area contributed by atoms with E-state index in [4.69, 9.17) is 0 Å². The smallest absolute Gasteiger partial charge is 0.193 e. The Morgan fingerprint density at radius 3 is 2.00 bits per heavy atom. The highest BCUT2D eigenvalue weighted by molar-refractivity contribution is 6.08. The van der Waals surface area contributed by atoms with Crippen molar-refractivity contribution in [2.45, 2.75) is 39.3 Å². The minimum Gasteiger partial charge on any atom is -0.305 e. The van der Waals surface area contributed by atoms with Crippen molar-refractivity contribution in [1.29, 1.82) is 0 Å². The van der Waals surface area contributed by atoms with Crippen molar-refractivity contribution in [3.63, 3.8) is 0 Å². The minimum atomic E-state index is -0.189. The molecule has 0 heterocycles. The molecule has 120 valence electrons. The van der Waals surface area contributed by atoms with E-state index in [0.29, 0.717) is 17.5 Å². The van der Waals surface area contributed by atoms with E-state index >= 15 is 0 Å². The zero-order valence-electron chi connectivity index (χ0n) is 13.9. The normalized spacial score (nSPS) is 12.2. The lowest BCUT2D eigenvalue weighted by molar-refractivity contribution is -0.119. The van der Waals surface area contributed by atoms with E-state index in [2.05, 4.69) is 5.32 Å². The van der Waals surface area contributed by atoms with Crippen LogP contribution in [0, 0.1) is 0 Å². The summed E-state index contributed by atoms with van der Waals surface area (Å²) in [5.41, 5.74) is 2.39. The highest BCUT2D eigenvalue weighted by Gasteiger charge is 2.16. The molecular formula is C20H23NO2. The second-order valence-corrected chi connectivity index (χ2v) is 6.08. The molecule has 0 amide bonds. The fourth-order valence-corrected chi connectivity index (χ4v) is 2.51. The third-order valence-corrected chi connectivity index (χ3v) is 3.72. The average molecular weight is 309 g/mol. The number of benzene rings is 2. The first-order valence-electron chi connectivity index (χ1n) is 7.92. The topological polar surface area (TPSA) is 46.2 Å². The monoisotopic (exact) mass is 309 g/mol. The number of Topliss-reactive ketones (excluding diaryl/α,β-unsaturated/α-hetero) is 1. The number of nitrogens with one attached hydrogen (secondary N) is 1. The first-order chi connectivity index (χ1) is 11.0. The molecule has 0 unspecified atom stereocenters. The maximum absolute atomic E-state index is 12.4. The maximum Gasteiger partial charge on any atom is 0.193 e. The molecule has 2 aromatic carbocycles. The molecule has 1 N–H and O–H groups in total. The van der Waals surface area contributed by atoms with Gasteiger partial charge in [-0.05, 0) is 18.9 Å². The third-order valence-electron chi connectivity index (χ3n) is 3.72. The Balaban J connectivity index is 2.10. The molecule has 0 radical (unpaired) electrons. The Morgan fingerprint density at radius 1 is 0.913 bits per heavy atom. The molecule has 0 aromatic heterocycles. The molecular weight excluding hydrogens is 286 g/mol. The Bertz CT molecular complexity index is 660. The van der Waals surface area contributed by atoms with Gasteiger partial charge in [0.1, 0.15) is 5.78 Å². The Morgan fingerprint density at radius 2 is 1.48 bits per heavy atom. The second-order valence-electron chi connectivity index (χ2n) is 6.08. The summed E-state index contributed by atoms with van der Waals surface area (Å²) in [5, 5.41) is 3.27. The van der Waals surface area contributed by atoms with Crippen LogP contribution < -0.4 is 5.32 Å². The highest BCUT2D eigenvalue weighted by atomic mass is 16.1. The van der Waals surface area contributed by atoms with Crippen LogP contribution in [-0.2, 0) is 11.2 Å². The summed E-state index contributed by atoms with van der Waals surface area (Å²) in [5.74, 6) is 0.142. The van der Waals surface area contributed by atoms with Crippen LogP contribution in [0.3, 0.4) is 0 Å². The largest absolute Gasteiger partial charge is 0.305 e. The molecule has 0 aliphatic carbocycles. The summed E-state index contributed by atoms with van der Waals surface area (Å²) in [6, 6.07) is 16.8. The molecule has 0 saturated carbocycles. The van der Waals surface area contributed by atoms with Crippen molar-refractivity contribution in [1.82, 2.24) is 5.32 Å². The third kappa shape index (κ3) is 4.86. The maximum atomic E-state index is 12.4. The molecule has 0 saturated heterocycles. The van der Waals surface area contributed by atoms with Crippen molar-refractivity contribution < 1.29 is 9.59 Å². The van der Waals surface area contributed by atoms with E-state index in [1.807, 2.05) is 68.4 Å². The number of carbonyl (C=O) groups is 2. The number of hydrogen-bond acceptors (Lipinski definition) is 3. The Labute approximate surface area is 137 Å². The van der Waals surface area contributed by atoms with Crippen molar-refractivity contribution >= 4 is 11.6 Å². The zero-order chi connectivity index (χ0) is 16.8. The van der Waals surface area contributed by atoms with Gasteiger partial charge in [-0.3, -0.25) is 9.59 Å². The van der Waals surface area contributed by atoms with Crippen molar-refractivity contribution in [2.24, 2.45) is 0 Å². The summed E-state index contributed by atoms with van der Waals surface area (Å²) in [4.78, 5) is 24.1. The van der Waals surface area contributed by atoms with Gasteiger partial charge in [-0.1, -0.05) is 68.4 Å². The van der Waals surface area contributed by atoms with Crippen LogP contribution >= 0.6 is 0 Å². The van der Waals surface area contributed by atoms with Crippen molar-refractivity contribution in [3.05, 3.63) is 71.3 Å². The molecule has 1 atom stereocenters. The lowest BCUT2D eigenvalue weighted by Crippen LogP contribution is -2.41. The lowest BCUT2D eigenvalue weighted by atomic mass is 9.98. The highest BCUT2D eigenvalue weighted by Crippen LogP contribution is 2.12. The van der Waals surface area contributed by atoms with Crippen LogP contribution in [0.5, 0.6) is 0 Å². The molecule has 3 nitrogen and oxygen atoms in total. The van der Waals surface area contributed by atoms with E-state index in [9.17, 15) is 9.59 Å². The minimum absolute atomic E-state index is 0.0144. The molecule has 0 aliphatic heterocycles. The molecule has 0 fully saturated rings. The number of ketones is 2. The summed E-state index contributed by atoms with van der Waals surface area (Å²) >= 11 is 0. The summed E-state index contributed by atoms with van der Waals surface area (Å²) < 4.78 is 0. The van der Waals surface area contributed by atoms with E-state index in [0.717, 1.165) is 5.56 Å². The fraction of sp³-hybridized carbons (Fsp3) is 0.300. The van der Waals surface area contributed by atoms with Gasteiger partial charge in [0, 0.05) is 17.2 Å². The van der Waals surface area contributed by atoms with Crippen LogP contribution in [0.2, 0.25) is 0 Å². The van der Waals surface area contributed by atoms with E-state index < -0.39 is 0 Å². The van der Waals surface area contributed by atoms with Gasteiger partial charge in [0.15, 0.2) is 5.78 Å². The molecule has 3 heteroatoms. The molecule has 0 aliphatic rings. The predicted molar refractivity (Wildman–Crippen MR) is 92.8 cm³/mol. The van der Waals surface area contributed by atoms with Crippen LogP contribution in [0.4, 0.5) is 0 Å². The van der Waals surface area contributed by atoms with Gasteiger partial charge in [0.2, 0.25) is 0 Å². The standard InChI is InChI=1S/C20H23NO2/c1-14(2)21-19(15(3)22)13-16-9-11-18(12-10-16)20(23)17-7-5-4-6-8-17/h4-12,14,19,21H,13H2,1-3H3/t19-/m0/s1. The van der Waals surface area contributed by atoms with Gasteiger partial charge in [-0.25, -0.2) is 0 Å². The van der Waals surface area contributed by atoms with Crippen molar-refractivity contribution in [2.75, 3.05) is 0 Å². The van der Waals surface area contributed by atoms with Gasteiger partial charge in [0.05, 0.1) is 6.04 Å². The molecule has 0 bridgehead atoms. The molecule has 2 aromatic rings. The van der Waals surface area contributed by atoms with Gasteiger partial charge in [-0.15, -0.1) is 0 Å². The van der Waals surface area contributed by atoms with E-state index in [1.54, 1.807) is 6.92 Å². The molecule has 23 heavy (non-hydrogen) atoms. The number of rotatable bonds is 7. The average Bonchev–Trinajstić information content (AvgIpc) is 2.54. The Kier molecular flexibility index (Phi) is 5.83. The van der Waals surface area contributed by atoms with Gasteiger partial charge >= 0.3 is 0 Å². The van der Waals surface area contributed by atoms with Crippen LogP contribution in [0.15, 0.2) is 54.6 Å². The number of hydrogen-bond donors (Lipinski definition) is 1. The number of carbonyl (C=O) groups excluding carboxylic acids is 2. The summed E-state index contributed by atoms with van der Waals surface area (Å²) in [6.07, 6.45) is 0.632. The summed E-state index contributed by atoms with van der Waals surface area (Å²) in [7, 11) is 0. The first kappa shape index (κ1) is 17.1. The van der Waals surface area contributed by atoms with Crippen molar-refractivity contribution in [3.8, 4) is 0 Å².